The lowest BCUT2D eigenvalue weighted by Gasteiger charge is -2.12. The minimum absolute atomic E-state index is 0.0117. The van der Waals surface area contributed by atoms with Gasteiger partial charge in [0.25, 0.3) is 5.91 Å². The number of carbonyl (C=O) groups excluding carboxylic acids is 1. The summed E-state index contributed by atoms with van der Waals surface area (Å²) in [6.07, 6.45) is -0.0922. The van der Waals surface area contributed by atoms with Gasteiger partial charge in [-0.3, -0.25) is 14.8 Å². The Morgan fingerprint density at radius 2 is 1.96 bits per heavy atom. The van der Waals surface area contributed by atoms with E-state index in [1.807, 2.05) is 0 Å². The number of hydrogen-bond acceptors (Lipinski definition) is 5. The van der Waals surface area contributed by atoms with Crippen molar-refractivity contribution in [2.75, 3.05) is 5.32 Å². The number of aromatic nitrogens is 3. The maximum absolute atomic E-state index is 12.9. The molecule has 1 N–H and O–H groups in total. The Labute approximate surface area is 138 Å². The van der Waals surface area contributed by atoms with Crippen LogP contribution in [-0.4, -0.2) is 20.9 Å². The molecular weight excluding hydrogens is 341 g/mol. The highest BCUT2D eigenvalue weighted by atomic mass is 32.1. The highest BCUT2D eigenvalue weighted by molar-refractivity contribution is 7.13. The van der Waals surface area contributed by atoms with Crippen LogP contribution in [0.4, 0.5) is 18.9 Å². The number of carbonyl (C=O) groups is 1. The molecule has 1 aromatic carbocycles. The van der Waals surface area contributed by atoms with Crippen molar-refractivity contribution in [3.8, 4) is 10.7 Å². The van der Waals surface area contributed by atoms with Crippen LogP contribution in [0.25, 0.3) is 10.7 Å². The molecule has 0 bridgehead atoms. The molecule has 3 aromatic rings. The van der Waals surface area contributed by atoms with Gasteiger partial charge >= 0.3 is 6.18 Å². The number of nitrogens with one attached hydrogen (secondary N) is 1. The highest BCUT2D eigenvalue weighted by Crippen LogP contribution is 2.34. The Kier molecular flexibility index (Phi) is 4.26. The first-order valence-electron chi connectivity index (χ1n) is 6.64. The van der Waals surface area contributed by atoms with Crippen molar-refractivity contribution >= 4 is 22.9 Å². The van der Waals surface area contributed by atoms with Crippen molar-refractivity contribution < 1.29 is 18.0 Å². The van der Waals surface area contributed by atoms with E-state index in [0.717, 1.165) is 17.4 Å². The van der Waals surface area contributed by atoms with Crippen LogP contribution in [0.2, 0.25) is 0 Å². The standard InChI is InChI=1S/C15H9F3N4OS/c16-15(17,18)9-3-1-2-4-10(9)21-13(23)12-8-24-14(22-12)11-7-19-5-6-20-11/h1-8H,(H,21,23). The van der Waals surface area contributed by atoms with Crippen molar-refractivity contribution in [1.29, 1.82) is 0 Å². The summed E-state index contributed by atoms with van der Waals surface area (Å²) in [6, 6.07) is 4.77. The minimum atomic E-state index is -4.56. The number of anilines is 1. The van der Waals surface area contributed by atoms with E-state index in [1.165, 1.54) is 42.2 Å². The van der Waals surface area contributed by atoms with Crippen LogP contribution in [0.5, 0.6) is 0 Å². The van der Waals surface area contributed by atoms with E-state index in [-0.39, 0.29) is 11.4 Å². The van der Waals surface area contributed by atoms with Crippen LogP contribution in [0.15, 0.2) is 48.2 Å². The fourth-order valence-electron chi connectivity index (χ4n) is 1.93. The fourth-order valence-corrected chi connectivity index (χ4v) is 2.69. The topological polar surface area (TPSA) is 67.8 Å². The summed E-state index contributed by atoms with van der Waals surface area (Å²) in [5, 5.41) is 4.16. The third-order valence-corrected chi connectivity index (χ3v) is 3.86. The van der Waals surface area contributed by atoms with Crippen molar-refractivity contribution in [2.45, 2.75) is 6.18 Å². The van der Waals surface area contributed by atoms with Gasteiger partial charge in [0.1, 0.15) is 16.4 Å². The lowest BCUT2D eigenvalue weighted by molar-refractivity contribution is -0.136. The van der Waals surface area contributed by atoms with Crippen LogP contribution < -0.4 is 5.32 Å². The predicted molar refractivity (Wildman–Crippen MR) is 82.5 cm³/mol. The molecule has 0 saturated carbocycles. The molecule has 122 valence electrons. The molecule has 0 atom stereocenters. The van der Waals surface area contributed by atoms with E-state index in [2.05, 4.69) is 20.3 Å². The molecule has 24 heavy (non-hydrogen) atoms. The van der Waals surface area contributed by atoms with Crippen molar-refractivity contribution in [2.24, 2.45) is 0 Å². The Morgan fingerprint density at radius 1 is 1.17 bits per heavy atom. The minimum Gasteiger partial charge on any atom is -0.320 e. The molecule has 0 spiro atoms. The molecule has 2 heterocycles. The number of para-hydroxylation sites is 1. The Morgan fingerprint density at radius 3 is 2.67 bits per heavy atom. The Balaban J connectivity index is 1.83. The van der Waals surface area contributed by atoms with Crippen LogP contribution in [0, 0.1) is 0 Å². The average Bonchev–Trinajstić information content (AvgIpc) is 3.05. The zero-order chi connectivity index (χ0) is 17.2. The first-order valence-corrected chi connectivity index (χ1v) is 7.52. The summed E-state index contributed by atoms with van der Waals surface area (Å²) in [4.78, 5) is 24.2. The quantitative estimate of drug-likeness (QED) is 0.779. The van der Waals surface area contributed by atoms with Crippen LogP contribution in [0.1, 0.15) is 16.1 Å². The van der Waals surface area contributed by atoms with Gasteiger partial charge in [-0.15, -0.1) is 11.3 Å². The molecule has 0 aliphatic heterocycles. The maximum atomic E-state index is 12.9. The van der Waals surface area contributed by atoms with Gasteiger partial charge in [0.2, 0.25) is 0 Å². The van der Waals surface area contributed by atoms with Crippen molar-refractivity contribution in [3.05, 3.63) is 59.5 Å². The van der Waals surface area contributed by atoms with Gasteiger partial charge in [-0.2, -0.15) is 13.2 Å². The van der Waals surface area contributed by atoms with Gasteiger partial charge < -0.3 is 5.32 Å². The van der Waals surface area contributed by atoms with E-state index < -0.39 is 17.6 Å². The zero-order valence-electron chi connectivity index (χ0n) is 11.9. The van der Waals surface area contributed by atoms with Gasteiger partial charge in [0.15, 0.2) is 0 Å². The molecule has 5 nitrogen and oxygen atoms in total. The molecule has 9 heteroatoms. The van der Waals surface area contributed by atoms with E-state index in [1.54, 1.807) is 0 Å². The molecule has 0 unspecified atom stereocenters. The summed E-state index contributed by atoms with van der Waals surface area (Å²) in [5.41, 5.74) is -0.735. The molecule has 0 aliphatic carbocycles. The molecule has 0 aliphatic rings. The Hall–Kier alpha value is -2.81. The number of amides is 1. The summed E-state index contributed by atoms with van der Waals surface area (Å²) in [6.45, 7) is 0. The monoisotopic (exact) mass is 350 g/mol. The molecule has 1 amide bonds. The second-order valence-corrected chi connectivity index (χ2v) is 5.48. The van der Waals surface area contributed by atoms with E-state index in [0.29, 0.717) is 10.7 Å². The van der Waals surface area contributed by atoms with Crippen LogP contribution in [0.3, 0.4) is 0 Å². The Bertz CT molecular complexity index is 864. The molecular formula is C15H9F3N4OS. The fraction of sp³-hybridized carbons (Fsp3) is 0.0667. The normalized spacial score (nSPS) is 11.3. The number of alkyl halides is 3. The summed E-state index contributed by atoms with van der Waals surface area (Å²) in [5.74, 6) is -0.724. The zero-order valence-corrected chi connectivity index (χ0v) is 12.7. The highest BCUT2D eigenvalue weighted by Gasteiger charge is 2.33. The van der Waals surface area contributed by atoms with Gasteiger partial charge in [0, 0.05) is 17.8 Å². The number of benzene rings is 1. The third-order valence-electron chi connectivity index (χ3n) is 3.00. The van der Waals surface area contributed by atoms with Gasteiger partial charge in [-0.05, 0) is 12.1 Å². The molecule has 0 fully saturated rings. The number of hydrogen-bond donors (Lipinski definition) is 1. The van der Waals surface area contributed by atoms with Gasteiger partial charge in [-0.25, -0.2) is 4.98 Å². The number of nitrogens with zero attached hydrogens (tertiary/aromatic N) is 3. The number of rotatable bonds is 3. The summed E-state index contributed by atoms with van der Waals surface area (Å²) >= 11 is 1.15. The third kappa shape index (κ3) is 3.40. The predicted octanol–water partition coefficient (Wildman–Crippen LogP) is 3.87. The number of thiazole rings is 1. The smallest absolute Gasteiger partial charge is 0.320 e. The van der Waals surface area contributed by atoms with Crippen molar-refractivity contribution in [3.63, 3.8) is 0 Å². The molecule has 0 saturated heterocycles. The number of halogens is 3. The second kappa shape index (κ2) is 6.36. The van der Waals surface area contributed by atoms with E-state index in [9.17, 15) is 18.0 Å². The molecule has 0 radical (unpaired) electrons. The van der Waals surface area contributed by atoms with Crippen LogP contribution >= 0.6 is 11.3 Å². The van der Waals surface area contributed by atoms with Gasteiger partial charge in [0.05, 0.1) is 17.4 Å². The summed E-state index contributed by atoms with van der Waals surface area (Å²) < 4.78 is 38.8. The molecule has 2 aromatic heterocycles. The maximum Gasteiger partial charge on any atom is 0.418 e. The lowest BCUT2D eigenvalue weighted by atomic mass is 10.1. The second-order valence-electron chi connectivity index (χ2n) is 4.63. The van der Waals surface area contributed by atoms with Crippen LogP contribution in [-0.2, 0) is 6.18 Å². The van der Waals surface area contributed by atoms with Crippen molar-refractivity contribution in [1.82, 2.24) is 15.0 Å². The SMILES string of the molecule is O=C(Nc1ccccc1C(F)(F)F)c1csc(-c2cnccn2)n1. The first-order chi connectivity index (χ1) is 11.4. The van der Waals surface area contributed by atoms with Gasteiger partial charge in [-0.1, -0.05) is 12.1 Å². The molecule has 3 rings (SSSR count). The summed E-state index contributed by atoms with van der Waals surface area (Å²) in [7, 11) is 0. The average molecular weight is 350 g/mol. The largest absolute Gasteiger partial charge is 0.418 e. The first kappa shape index (κ1) is 16.1. The van der Waals surface area contributed by atoms with E-state index >= 15 is 0 Å². The van der Waals surface area contributed by atoms with E-state index in [4.69, 9.17) is 0 Å². The lowest BCUT2D eigenvalue weighted by Crippen LogP contribution is -2.16.